The highest BCUT2D eigenvalue weighted by molar-refractivity contribution is 14.0. The van der Waals surface area contributed by atoms with Gasteiger partial charge in [-0.15, -0.1) is 24.0 Å². The van der Waals surface area contributed by atoms with Crippen LogP contribution >= 0.6 is 24.0 Å². The summed E-state index contributed by atoms with van der Waals surface area (Å²) in [5.41, 5.74) is 1.21. The molecular weight excluding hydrogens is 511 g/mol. The Balaban J connectivity index is 0.00000341. The fraction of sp³-hybridized carbons (Fsp3) is 0.636. The van der Waals surface area contributed by atoms with E-state index in [9.17, 15) is 4.79 Å². The number of carbonyl (C=O) groups excluding carboxylic acids is 1. The van der Waals surface area contributed by atoms with Crippen molar-refractivity contribution >= 4 is 35.8 Å². The summed E-state index contributed by atoms with van der Waals surface area (Å²) in [4.78, 5) is 20.4. The van der Waals surface area contributed by atoms with Crippen LogP contribution in [0.25, 0.3) is 0 Å². The van der Waals surface area contributed by atoms with Gasteiger partial charge in [0.1, 0.15) is 18.4 Å². The summed E-state index contributed by atoms with van der Waals surface area (Å²) in [5, 5.41) is 3.45. The number of amides is 1. The van der Waals surface area contributed by atoms with E-state index in [0.717, 1.165) is 57.2 Å². The average Bonchev–Trinajstić information content (AvgIpc) is 3.31. The number of carbonyl (C=O) groups is 1. The maximum Gasteiger partial charge on any atom is 0.243 e. The van der Waals surface area contributed by atoms with Gasteiger partial charge < -0.3 is 29.3 Å². The Morgan fingerprint density at radius 2 is 1.97 bits per heavy atom. The molecule has 0 aliphatic carbocycles. The Hall–Kier alpha value is -1.59. The van der Waals surface area contributed by atoms with E-state index in [1.54, 1.807) is 26.1 Å². The molecule has 31 heavy (non-hydrogen) atoms. The van der Waals surface area contributed by atoms with E-state index < -0.39 is 0 Å². The van der Waals surface area contributed by atoms with Gasteiger partial charge in [0.15, 0.2) is 5.96 Å². The second kappa shape index (κ2) is 13.1. The Kier molecular flexibility index (Phi) is 10.8. The van der Waals surface area contributed by atoms with Gasteiger partial charge in [0.25, 0.3) is 0 Å². The van der Waals surface area contributed by atoms with Crippen LogP contribution in [0.2, 0.25) is 0 Å². The van der Waals surface area contributed by atoms with Gasteiger partial charge in [-0.2, -0.15) is 0 Å². The van der Waals surface area contributed by atoms with Crippen molar-refractivity contribution in [3.8, 4) is 5.75 Å². The number of aliphatic imine (C=N–C) groups is 1. The number of hydrogen-bond donors (Lipinski definition) is 1. The molecule has 1 N–H and O–H groups in total. The van der Waals surface area contributed by atoms with Crippen LogP contribution in [0.15, 0.2) is 29.3 Å². The fourth-order valence-electron chi connectivity index (χ4n) is 3.65. The molecule has 174 valence electrons. The van der Waals surface area contributed by atoms with Gasteiger partial charge >= 0.3 is 0 Å². The zero-order chi connectivity index (χ0) is 21.3. The molecule has 0 saturated carbocycles. The van der Waals surface area contributed by atoms with Crippen molar-refractivity contribution in [2.24, 2.45) is 4.99 Å². The summed E-state index contributed by atoms with van der Waals surface area (Å²) in [6, 6.07) is 8.06. The third-order valence-corrected chi connectivity index (χ3v) is 5.49. The number of ether oxygens (including phenoxy) is 3. The van der Waals surface area contributed by atoms with Gasteiger partial charge in [-0.25, -0.2) is 4.99 Å². The molecule has 2 atom stereocenters. The van der Waals surface area contributed by atoms with Crippen molar-refractivity contribution in [1.82, 2.24) is 15.1 Å². The van der Waals surface area contributed by atoms with Gasteiger partial charge in [0.05, 0.1) is 19.8 Å². The molecule has 3 rings (SSSR count). The highest BCUT2D eigenvalue weighted by atomic mass is 127. The normalized spacial score (nSPS) is 21.4. The Bertz CT molecular complexity index is 708. The van der Waals surface area contributed by atoms with Crippen LogP contribution in [0, 0.1) is 0 Å². The lowest BCUT2D eigenvalue weighted by atomic mass is 10.1. The first kappa shape index (κ1) is 25.7. The molecule has 2 fully saturated rings. The molecule has 9 heteroatoms. The molecule has 2 aliphatic rings. The molecule has 0 radical (unpaired) electrons. The molecule has 2 heterocycles. The lowest BCUT2D eigenvalue weighted by molar-refractivity contribution is -0.127. The minimum atomic E-state index is -0.0200. The Labute approximate surface area is 202 Å². The highest BCUT2D eigenvalue weighted by Gasteiger charge is 2.32. The quantitative estimate of drug-likeness (QED) is 0.320. The molecule has 1 aromatic carbocycles. The van der Waals surface area contributed by atoms with E-state index in [-0.39, 0.29) is 48.6 Å². The minimum Gasteiger partial charge on any atom is -0.497 e. The molecule has 0 aromatic heterocycles. The average molecular weight is 546 g/mol. The second-order valence-electron chi connectivity index (χ2n) is 7.86. The molecule has 2 unspecified atom stereocenters. The first-order chi connectivity index (χ1) is 14.6. The SMILES string of the molecule is COc1ccc(CCNC(=NCC(=O)N(C)C)N2CCOC(C3CCCO3)C2)cc1.I. The van der Waals surface area contributed by atoms with Crippen LogP contribution in [0.1, 0.15) is 18.4 Å². The predicted octanol–water partition coefficient (Wildman–Crippen LogP) is 1.77. The number of morpholine rings is 1. The molecule has 1 aromatic rings. The third kappa shape index (κ3) is 7.80. The van der Waals surface area contributed by atoms with Crippen LogP contribution in [0.4, 0.5) is 0 Å². The van der Waals surface area contributed by atoms with Crippen LogP contribution in [0.3, 0.4) is 0 Å². The van der Waals surface area contributed by atoms with E-state index in [2.05, 4.69) is 27.3 Å². The van der Waals surface area contributed by atoms with Crippen LogP contribution in [0.5, 0.6) is 5.75 Å². The third-order valence-electron chi connectivity index (χ3n) is 5.49. The Morgan fingerprint density at radius 1 is 1.23 bits per heavy atom. The lowest BCUT2D eigenvalue weighted by Crippen LogP contribution is -2.53. The molecule has 2 saturated heterocycles. The number of halogens is 1. The van der Waals surface area contributed by atoms with Gasteiger partial charge in [-0.3, -0.25) is 4.79 Å². The van der Waals surface area contributed by atoms with Crippen LogP contribution in [-0.4, -0.2) is 94.5 Å². The van der Waals surface area contributed by atoms with Crippen molar-refractivity contribution in [2.75, 3.05) is 60.6 Å². The molecular formula is C22H35IN4O4. The number of benzene rings is 1. The first-order valence-corrected chi connectivity index (χ1v) is 10.7. The molecule has 0 spiro atoms. The first-order valence-electron chi connectivity index (χ1n) is 10.7. The smallest absolute Gasteiger partial charge is 0.243 e. The molecule has 8 nitrogen and oxygen atoms in total. The number of nitrogens with zero attached hydrogens (tertiary/aromatic N) is 3. The molecule has 2 aliphatic heterocycles. The summed E-state index contributed by atoms with van der Waals surface area (Å²) in [7, 11) is 5.16. The summed E-state index contributed by atoms with van der Waals surface area (Å²) in [5.74, 6) is 1.59. The number of likely N-dealkylation sites (N-methyl/N-ethyl adjacent to an activating group) is 1. The predicted molar refractivity (Wildman–Crippen MR) is 131 cm³/mol. The van der Waals surface area contributed by atoms with Crippen LogP contribution in [-0.2, 0) is 20.7 Å². The standard InChI is InChI=1S/C22H34N4O4.HI/c1-25(2)21(27)15-24-22(23-11-10-17-6-8-18(28-3)9-7-17)26-12-14-30-20(16-26)19-5-4-13-29-19;/h6-9,19-20H,4-5,10-16H2,1-3H3,(H,23,24);1H. The van der Waals surface area contributed by atoms with Crippen molar-refractivity contribution < 1.29 is 19.0 Å². The summed E-state index contributed by atoms with van der Waals surface area (Å²) in [6.07, 6.45) is 3.17. The van der Waals surface area contributed by atoms with Gasteiger partial charge in [0, 0.05) is 40.3 Å². The fourth-order valence-corrected chi connectivity index (χ4v) is 3.65. The van der Waals surface area contributed by atoms with E-state index >= 15 is 0 Å². The second-order valence-corrected chi connectivity index (χ2v) is 7.86. The molecule has 1 amide bonds. The van der Waals surface area contributed by atoms with Gasteiger partial charge in [0.2, 0.25) is 5.91 Å². The topological polar surface area (TPSA) is 75.6 Å². The number of hydrogen-bond acceptors (Lipinski definition) is 5. The summed E-state index contributed by atoms with van der Waals surface area (Å²) in [6.45, 7) is 3.75. The van der Waals surface area contributed by atoms with Crippen LogP contribution < -0.4 is 10.1 Å². The number of nitrogens with one attached hydrogen (secondary N) is 1. The zero-order valence-corrected chi connectivity index (χ0v) is 21.0. The highest BCUT2D eigenvalue weighted by Crippen LogP contribution is 2.21. The van der Waals surface area contributed by atoms with E-state index in [1.807, 2.05) is 12.1 Å². The summed E-state index contributed by atoms with van der Waals surface area (Å²) >= 11 is 0. The van der Waals surface area contributed by atoms with Crippen molar-refractivity contribution in [3.63, 3.8) is 0 Å². The zero-order valence-electron chi connectivity index (χ0n) is 18.7. The van der Waals surface area contributed by atoms with Crippen molar-refractivity contribution in [2.45, 2.75) is 31.5 Å². The maximum absolute atomic E-state index is 12.1. The number of guanidine groups is 1. The van der Waals surface area contributed by atoms with Gasteiger partial charge in [-0.1, -0.05) is 12.1 Å². The Morgan fingerprint density at radius 3 is 2.61 bits per heavy atom. The largest absolute Gasteiger partial charge is 0.497 e. The van der Waals surface area contributed by atoms with Crippen molar-refractivity contribution in [1.29, 1.82) is 0 Å². The van der Waals surface area contributed by atoms with E-state index in [4.69, 9.17) is 14.2 Å². The summed E-state index contributed by atoms with van der Waals surface area (Å²) < 4.78 is 17.0. The number of rotatable bonds is 7. The molecule has 0 bridgehead atoms. The minimum absolute atomic E-state index is 0. The maximum atomic E-state index is 12.1. The number of methoxy groups -OCH3 is 1. The monoisotopic (exact) mass is 546 g/mol. The van der Waals surface area contributed by atoms with E-state index in [1.165, 1.54) is 5.56 Å². The van der Waals surface area contributed by atoms with E-state index in [0.29, 0.717) is 6.61 Å². The van der Waals surface area contributed by atoms with Gasteiger partial charge in [-0.05, 0) is 37.0 Å². The van der Waals surface area contributed by atoms with Crippen molar-refractivity contribution in [3.05, 3.63) is 29.8 Å². The lowest BCUT2D eigenvalue weighted by Gasteiger charge is -2.37.